The zero-order valence-corrected chi connectivity index (χ0v) is 30.5. The molecule has 0 unspecified atom stereocenters. The van der Waals surface area contributed by atoms with Gasteiger partial charge in [-0.05, 0) is 46.0 Å². The summed E-state index contributed by atoms with van der Waals surface area (Å²) in [6, 6.07) is 27.2. The van der Waals surface area contributed by atoms with Gasteiger partial charge in [-0.1, -0.05) is 72.8 Å². The average molecular weight is 762 g/mol. The van der Waals surface area contributed by atoms with E-state index in [0.29, 0.717) is 22.0 Å². The zero-order valence-electron chi connectivity index (χ0n) is 30.5. The van der Waals surface area contributed by atoms with E-state index in [-0.39, 0.29) is 94.9 Å². The Morgan fingerprint density at radius 2 is 1.48 bits per heavy atom. The lowest BCUT2D eigenvalue weighted by molar-refractivity contribution is -0.138. The largest absolute Gasteiger partial charge is 0.481 e. The molecule has 288 valence electrons. The first-order chi connectivity index (χ1) is 27.2. The molecule has 0 spiro atoms. The SMILES string of the molecule is O=C(O)CCOCCN(CC(=O)N1CCN(C(=O)c2cc(Cc3n[nH]c(=O)c4ccccc34)ccc2F)CC1)C(=O)OCC1c2ccccc2-c2ccccc21. The molecular formula is C42H40FN5O8. The summed E-state index contributed by atoms with van der Waals surface area (Å²) in [5.74, 6) is -2.77. The molecule has 14 heteroatoms. The second-order valence-corrected chi connectivity index (χ2v) is 13.7. The lowest BCUT2D eigenvalue weighted by atomic mass is 9.98. The second-order valence-electron chi connectivity index (χ2n) is 13.7. The molecule has 5 aromatic rings. The van der Waals surface area contributed by atoms with Crippen molar-refractivity contribution in [2.75, 3.05) is 59.1 Å². The third-order valence-corrected chi connectivity index (χ3v) is 10.2. The topological polar surface area (TPSA) is 162 Å². The zero-order chi connectivity index (χ0) is 39.2. The quantitative estimate of drug-likeness (QED) is 0.162. The van der Waals surface area contributed by atoms with Gasteiger partial charge in [0.05, 0.1) is 36.3 Å². The molecule has 1 aromatic heterocycles. The summed E-state index contributed by atoms with van der Waals surface area (Å²) in [5.41, 5.74) is 5.02. The highest BCUT2D eigenvalue weighted by Gasteiger charge is 2.32. The van der Waals surface area contributed by atoms with Gasteiger partial charge in [-0.15, -0.1) is 0 Å². The molecule has 3 amide bonds. The lowest BCUT2D eigenvalue weighted by Gasteiger charge is -2.36. The highest BCUT2D eigenvalue weighted by molar-refractivity contribution is 5.95. The minimum Gasteiger partial charge on any atom is -0.481 e. The summed E-state index contributed by atoms with van der Waals surface area (Å²) in [6.07, 6.45) is -0.661. The number of nitrogens with one attached hydrogen (secondary N) is 1. The van der Waals surface area contributed by atoms with Gasteiger partial charge in [0.2, 0.25) is 5.91 Å². The number of rotatable bonds is 13. The van der Waals surface area contributed by atoms with Crippen LogP contribution in [0.3, 0.4) is 0 Å². The molecule has 0 radical (unpaired) electrons. The number of amides is 3. The van der Waals surface area contributed by atoms with Crippen molar-refractivity contribution in [3.63, 3.8) is 0 Å². The summed E-state index contributed by atoms with van der Waals surface area (Å²) in [4.78, 5) is 68.1. The Hall–Kier alpha value is -6.41. The molecule has 0 atom stereocenters. The molecule has 2 N–H and O–H groups in total. The van der Waals surface area contributed by atoms with Crippen LogP contribution in [0.1, 0.15) is 45.1 Å². The Balaban J connectivity index is 0.975. The molecule has 0 saturated carbocycles. The third-order valence-electron chi connectivity index (χ3n) is 10.2. The fourth-order valence-corrected chi connectivity index (χ4v) is 7.29. The summed E-state index contributed by atoms with van der Waals surface area (Å²) >= 11 is 0. The highest BCUT2D eigenvalue weighted by Crippen LogP contribution is 2.44. The van der Waals surface area contributed by atoms with Crippen molar-refractivity contribution in [2.45, 2.75) is 18.8 Å². The number of carboxylic acids is 1. The van der Waals surface area contributed by atoms with Crippen molar-refractivity contribution in [3.8, 4) is 11.1 Å². The Bertz CT molecular complexity index is 2290. The number of hydrogen-bond donors (Lipinski definition) is 2. The van der Waals surface area contributed by atoms with Crippen molar-refractivity contribution in [1.29, 1.82) is 0 Å². The van der Waals surface area contributed by atoms with E-state index in [2.05, 4.69) is 10.2 Å². The predicted octanol–water partition coefficient (Wildman–Crippen LogP) is 4.68. The van der Waals surface area contributed by atoms with Crippen LogP contribution in [0.4, 0.5) is 9.18 Å². The molecule has 1 aliphatic heterocycles. The molecule has 2 aliphatic rings. The minimum atomic E-state index is -1.02. The van der Waals surface area contributed by atoms with E-state index >= 15 is 4.39 Å². The molecule has 0 bridgehead atoms. The fourth-order valence-electron chi connectivity index (χ4n) is 7.29. The van der Waals surface area contributed by atoms with E-state index < -0.39 is 23.8 Å². The second kappa shape index (κ2) is 16.9. The number of H-pyrrole nitrogens is 1. The van der Waals surface area contributed by atoms with E-state index in [9.17, 15) is 24.0 Å². The van der Waals surface area contributed by atoms with Gasteiger partial charge in [0.1, 0.15) is 19.0 Å². The number of aromatic amines is 1. The van der Waals surface area contributed by atoms with E-state index in [1.807, 2.05) is 48.5 Å². The summed E-state index contributed by atoms with van der Waals surface area (Å²) in [7, 11) is 0. The minimum absolute atomic E-state index is 0.00778. The van der Waals surface area contributed by atoms with Gasteiger partial charge >= 0.3 is 12.1 Å². The van der Waals surface area contributed by atoms with Gasteiger partial charge in [-0.2, -0.15) is 5.10 Å². The molecule has 2 heterocycles. The normalized spacial score (nSPS) is 13.7. The van der Waals surface area contributed by atoms with Crippen molar-refractivity contribution >= 4 is 34.6 Å². The maximum atomic E-state index is 15.1. The van der Waals surface area contributed by atoms with E-state index in [1.165, 1.54) is 21.9 Å². The van der Waals surface area contributed by atoms with Crippen LogP contribution >= 0.6 is 0 Å². The number of halogens is 1. The first-order valence-electron chi connectivity index (χ1n) is 18.4. The van der Waals surface area contributed by atoms with E-state index in [0.717, 1.165) is 22.3 Å². The van der Waals surface area contributed by atoms with Gasteiger partial charge in [0.15, 0.2) is 0 Å². The molecule has 1 aliphatic carbocycles. The van der Waals surface area contributed by atoms with E-state index in [4.69, 9.17) is 14.6 Å². The van der Waals surface area contributed by atoms with Crippen molar-refractivity contribution in [1.82, 2.24) is 24.9 Å². The summed E-state index contributed by atoms with van der Waals surface area (Å²) in [6.45, 7) is 0.257. The van der Waals surface area contributed by atoms with Crippen molar-refractivity contribution in [2.24, 2.45) is 0 Å². The first-order valence-corrected chi connectivity index (χ1v) is 18.4. The Morgan fingerprint density at radius 1 is 0.839 bits per heavy atom. The van der Waals surface area contributed by atoms with Gasteiger partial charge < -0.3 is 24.4 Å². The lowest BCUT2D eigenvalue weighted by Crippen LogP contribution is -2.53. The number of carbonyl (C=O) groups excluding carboxylic acids is 3. The predicted molar refractivity (Wildman–Crippen MR) is 204 cm³/mol. The van der Waals surface area contributed by atoms with Gasteiger partial charge in [0.25, 0.3) is 11.5 Å². The molecule has 13 nitrogen and oxygen atoms in total. The maximum Gasteiger partial charge on any atom is 0.410 e. The van der Waals surface area contributed by atoms with E-state index in [1.54, 1.807) is 35.2 Å². The number of piperazine rings is 1. The highest BCUT2D eigenvalue weighted by atomic mass is 19.1. The standard InChI is InChI=1S/C42H40FN5O8/c43-36-14-13-27(24-37-32-11-5-6-12-33(32)40(52)45-44-37)23-34(36)41(53)47-18-16-46(17-19-47)38(49)25-48(20-22-55-21-15-39(50)51)42(54)56-26-35-30-9-3-1-7-28(30)29-8-2-4-10-31(29)35/h1-14,23,35H,15-22,24-26H2,(H,45,52)(H,50,51). The molecular weight excluding hydrogens is 721 g/mol. The van der Waals surface area contributed by atoms with Crippen LogP contribution in [0, 0.1) is 5.82 Å². The van der Waals surface area contributed by atoms with Crippen molar-refractivity contribution in [3.05, 3.63) is 135 Å². The molecule has 56 heavy (non-hydrogen) atoms. The van der Waals surface area contributed by atoms with Gasteiger partial charge in [-0.3, -0.25) is 24.1 Å². The number of hydrogen-bond acceptors (Lipinski definition) is 8. The number of nitrogens with zero attached hydrogens (tertiary/aromatic N) is 4. The van der Waals surface area contributed by atoms with Gasteiger partial charge in [0, 0.05) is 50.4 Å². The van der Waals surface area contributed by atoms with Gasteiger partial charge in [-0.25, -0.2) is 14.3 Å². The summed E-state index contributed by atoms with van der Waals surface area (Å²) in [5, 5.41) is 16.8. The van der Waals surface area contributed by atoms with Crippen LogP contribution in [-0.2, 0) is 25.5 Å². The van der Waals surface area contributed by atoms with Crippen LogP contribution in [0.25, 0.3) is 21.9 Å². The van der Waals surface area contributed by atoms with Crippen LogP contribution in [0.5, 0.6) is 0 Å². The number of fused-ring (bicyclic) bond motifs is 4. The molecule has 7 rings (SSSR count). The fraction of sp³-hybridized carbons (Fsp3) is 0.286. The molecule has 1 saturated heterocycles. The molecule has 1 fully saturated rings. The molecule has 4 aromatic carbocycles. The van der Waals surface area contributed by atoms with Crippen LogP contribution in [0.15, 0.2) is 95.8 Å². The van der Waals surface area contributed by atoms with Crippen LogP contribution < -0.4 is 5.56 Å². The number of ether oxygens (including phenoxy) is 2. The number of aromatic nitrogens is 2. The number of carbonyl (C=O) groups is 4. The first kappa shape index (κ1) is 37.9. The average Bonchev–Trinajstić information content (AvgIpc) is 3.54. The Kier molecular flexibility index (Phi) is 11.5. The Morgan fingerprint density at radius 3 is 2.18 bits per heavy atom. The third kappa shape index (κ3) is 8.30. The maximum absolute atomic E-state index is 15.1. The Labute approximate surface area is 321 Å². The number of carboxylic acid groups (broad SMARTS) is 1. The number of benzene rings is 4. The van der Waals surface area contributed by atoms with Crippen LogP contribution in [0.2, 0.25) is 0 Å². The number of aliphatic carboxylic acids is 1. The van der Waals surface area contributed by atoms with Crippen LogP contribution in [-0.4, -0.2) is 113 Å². The van der Waals surface area contributed by atoms with Crippen molar-refractivity contribution < 1.29 is 38.1 Å². The smallest absolute Gasteiger partial charge is 0.410 e. The monoisotopic (exact) mass is 761 g/mol. The summed E-state index contributed by atoms with van der Waals surface area (Å²) < 4.78 is 26.3.